The number of hydrogen-bond donors (Lipinski definition) is 1. The highest BCUT2D eigenvalue weighted by Gasteiger charge is 2.18. The lowest BCUT2D eigenvalue weighted by atomic mass is 10.1. The Morgan fingerprint density at radius 2 is 2.03 bits per heavy atom. The molecule has 6 nitrogen and oxygen atoms in total. The van der Waals surface area contributed by atoms with Gasteiger partial charge in [0.05, 0.1) is 30.3 Å². The van der Waals surface area contributed by atoms with Gasteiger partial charge in [-0.15, -0.1) is 11.3 Å². The maximum absolute atomic E-state index is 13.1. The van der Waals surface area contributed by atoms with E-state index >= 15 is 0 Å². The van der Waals surface area contributed by atoms with Crippen molar-refractivity contribution in [1.29, 1.82) is 0 Å². The zero-order valence-electron chi connectivity index (χ0n) is 17.3. The molecule has 2 aromatic heterocycles. The van der Waals surface area contributed by atoms with Gasteiger partial charge in [-0.1, -0.05) is 23.9 Å². The Bertz CT molecular complexity index is 1110. The van der Waals surface area contributed by atoms with Crippen LogP contribution in [0, 0.1) is 19.7 Å². The Balaban J connectivity index is 1.77. The highest BCUT2D eigenvalue weighted by Crippen LogP contribution is 2.28. The van der Waals surface area contributed by atoms with Crippen LogP contribution < -0.4 is 10.9 Å². The molecule has 3 aromatic rings. The number of thioether (sulfide) groups is 1. The lowest BCUT2D eigenvalue weighted by Crippen LogP contribution is -2.29. The Morgan fingerprint density at radius 3 is 2.70 bits per heavy atom. The fourth-order valence-electron chi connectivity index (χ4n) is 3.05. The van der Waals surface area contributed by atoms with Gasteiger partial charge in [-0.2, -0.15) is 0 Å². The van der Waals surface area contributed by atoms with Crippen molar-refractivity contribution in [2.45, 2.75) is 38.5 Å². The van der Waals surface area contributed by atoms with Crippen molar-refractivity contribution < 1.29 is 13.9 Å². The van der Waals surface area contributed by atoms with E-state index in [4.69, 9.17) is 4.74 Å². The first-order valence-corrected chi connectivity index (χ1v) is 11.3. The van der Waals surface area contributed by atoms with Crippen molar-refractivity contribution in [3.05, 3.63) is 56.4 Å². The molecule has 1 atom stereocenters. The minimum Gasteiger partial charge on any atom is -0.383 e. The summed E-state index contributed by atoms with van der Waals surface area (Å²) < 4.78 is 19.8. The molecular formula is C21H24FN3O3S2. The van der Waals surface area contributed by atoms with Gasteiger partial charge in [-0.25, -0.2) is 9.37 Å². The second-order valence-corrected chi connectivity index (χ2v) is 9.08. The fraction of sp³-hybridized carbons (Fsp3) is 0.381. The number of nitrogens with one attached hydrogen (secondary N) is 1. The first kappa shape index (κ1) is 22.5. The van der Waals surface area contributed by atoms with E-state index in [-0.39, 0.29) is 29.1 Å². The number of methoxy groups -OCH3 is 1. The van der Waals surface area contributed by atoms with Crippen molar-refractivity contribution in [1.82, 2.24) is 14.9 Å². The van der Waals surface area contributed by atoms with E-state index in [1.54, 1.807) is 23.8 Å². The second-order valence-electron chi connectivity index (χ2n) is 6.94. The first-order chi connectivity index (χ1) is 14.3. The van der Waals surface area contributed by atoms with Gasteiger partial charge >= 0.3 is 0 Å². The van der Waals surface area contributed by atoms with E-state index in [9.17, 15) is 14.0 Å². The van der Waals surface area contributed by atoms with E-state index in [0.717, 1.165) is 16.0 Å². The predicted molar refractivity (Wildman–Crippen MR) is 119 cm³/mol. The monoisotopic (exact) mass is 449 g/mol. The largest absolute Gasteiger partial charge is 0.383 e. The quantitative estimate of drug-likeness (QED) is 0.418. The summed E-state index contributed by atoms with van der Waals surface area (Å²) in [4.78, 5) is 31.9. The Hall–Kier alpha value is -2.23. The van der Waals surface area contributed by atoms with E-state index < -0.39 is 0 Å². The zero-order chi connectivity index (χ0) is 21.8. The number of halogens is 1. The number of rotatable bonds is 8. The molecule has 3 rings (SSSR count). The number of aromatic nitrogens is 2. The summed E-state index contributed by atoms with van der Waals surface area (Å²) in [6, 6.07) is 5.77. The van der Waals surface area contributed by atoms with E-state index in [0.29, 0.717) is 28.5 Å². The van der Waals surface area contributed by atoms with Crippen molar-refractivity contribution in [2.24, 2.45) is 0 Å². The predicted octanol–water partition coefficient (Wildman–Crippen LogP) is 3.83. The molecule has 2 heterocycles. The Labute approximate surface area is 182 Å². The molecule has 1 N–H and O–H groups in total. The molecule has 0 saturated carbocycles. The number of thiophene rings is 1. The molecule has 1 amide bonds. The SMILES string of the molecule is COCCn1c(SCC(=O)N[C@H](C)c2ccc(F)cc2)nc2sc(C)c(C)c2c1=O. The molecule has 1 aromatic carbocycles. The van der Waals surface area contributed by atoms with Gasteiger partial charge in [-0.3, -0.25) is 14.2 Å². The second kappa shape index (κ2) is 9.72. The van der Waals surface area contributed by atoms with Crippen LogP contribution in [-0.4, -0.2) is 34.9 Å². The summed E-state index contributed by atoms with van der Waals surface area (Å²) in [7, 11) is 1.58. The number of carbonyl (C=O) groups is 1. The number of benzene rings is 1. The normalized spacial score (nSPS) is 12.3. The summed E-state index contributed by atoms with van der Waals surface area (Å²) in [5.41, 5.74) is 1.65. The van der Waals surface area contributed by atoms with E-state index in [1.807, 2.05) is 20.8 Å². The molecule has 0 aliphatic carbocycles. The number of ether oxygens (including phenoxy) is 1. The average Bonchev–Trinajstić information content (AvgIpc) is 3.00. The van der Waals surface area contributed by atoms with E-state index in [2.05, 4.69) is 10.3 Å². The van der Waals surface area contributed by atoms with Gasteiger partial charge < -0.3 is 10.1 Å². The third-order valence-electron chi connectivity index (χ3n) is 4.85. The van der Waals surface area contributed by atoms with Crippen LogP contribution in [0.5, 0.6) is 0 Å². The standard InChI is InChI=1S/C21H24FN3O3S2/c1-12-14(3)30-19-18(12)20(27)25(9-10-28-4)21(24-19)29-11-17(26)23-13(2)15-5-7-16(22)8-6-15/h5-8,13H,9-11H2,1-4H3,(H,23,26)/t13-/m1/s1. The van der Waals surface area contributed by atoms with Crippen LogP contribution in [0.15, 0.2) is 34.2 Å². The van der Waals surface area contributed by atoms with Crippen molar-refractivity contribution in [2.75, 3.05) is 19.5 Å². The molecule has 0 fully saturated rings. The Morgan fingerprint density at radius 1 is 1.33 bits per heavy atom. The molecule has 9 heteroatoms. The third-order valence-corrected chi connectivity index (χ3v) is 6.93. The molecule has 0 bridgehead atoms. The molecule has 0 aliphatic heterocycles. The van der Waals surface area contributed by atoms with E-state index in [1.165, 1.54) is 35.2 Å². The number of aryl methyl sites for hydroxylation is 2. The lowest BCUT2D eigenvalue weighted by Gasteiger charge is -2.15. The molecule has 0 radical (unpaired) electrons. The highest BCUT2D eigenvalue weighted by atomic mass is 32.2. The number of amides is 1. The van der Waals surface area contributed by atoms with Gasteiger partial charge in [0.2, 0.25) is 5.91 Å². The minimum absolute atomic E-state index is 0.110. The third kappa shape index (κ3) is 4.91. The molecular weight excluding hydrogens is 425 g/mol. The molecule has 0 spiro atoms. The summed E-state index contributed by atoms with van der Waals surface area (Å²) in [5, 5.41) is 4.02. The van der Waals surface area contributed by atoms with Crippen molar-refractivity contribution in [3.63, 3.8) is 0 Å². The summed E-state index contributed by atoms with van der Waals surface area (Å²) in [6.07, 6.45) is 0. The molecule has 160 valence electrons. The topological polar surface area (TPSA) is 73.2 Å². The molecule has 0 aliphatic rings. The van der Waals surface area contributed by atoms with Crippen LogP contribution in [0.2, 0.25) is 0 Å². The highest BCUT2D eigenvalue weighted by molar-refractivity contribution is 7.99. The van der Waals surface area contributed by atoms with Crippen molar-refractivity contribution in [3.8, 4) is 0 Å². The Kier molecular flexibility index (Phi) is 7.27. The number of hydrogen-bond acceptors (Lipinski definition) is 6. The molecule has 0 unspecified atom stereocenters. The zero-order valence-corrected chi connectivity index (χ0v) is 19.0. The van der Waals surface area contributed by atoms with Gasteiger partial charge in [0.25, 0.3) is 5.56 Å². The van der Waals surface area contributed by atoms with Crippen LogP contribution >= 0.6 is 23.1 Å². The lowest BCUT2D eigenvalue weighted by molar-refractivity contribution is -0.119. The van der Waals surface area contributed by atoms with Gasteiger partial charge in [0, 0.05) is 12.0 Å². The van der Waals surface area contributed by atoms with Crippen LogP contribution in [0.4, 0.5) is 4.39 Å². The van der Waals surface area contributed by atoms with Crippen LogP contribution in [-0.2, 0) is 16.1 Å². The van der Waals surface area contributed by atoms with Gasteiger partial charge in [0.1, 0.15) is 10.6 Å². The van der Waals surface area contributed by atoms with Gasteiger partial charge in [0.15, 0.2) is 5.16 Å². The average molecular weight is 450 g/mol. The smallest absolute Gasteiger partial charge is 0.263 e. The van der Waals surface area contributed by atoms with Crippen LogP contribution in [0.3, 0.4) is 0 Å². The number of carbonyl (C=O) groups excluding carboxylic acids is 1. The van der Waals surface area contributed by atoms with Crippen LogP contribution in [0.25, 0.3) is 10.2 Å². The summed E-state index contributed by atoms with van der Waals surface area (Å²) in [5.74, 6) is -0.398. The fourth-order valence-corrected chi connectivity index (χ4v) is 4.95. The minimum atomic E-state index is -0.317. The van der Waals surface area contributed by atoms with Crippen LogP contribution in [0.1, 0.15) is 29.0 Å². The number of fused-ring (bicyclic) bond motifs is 1. The van der Waals surface area contributed by atoms with Crippen molar-refractivity contribution >= 4 is 39.2 Å². The number of nitrogens with zero attached hydrogens (tertiary/aromatic N) is 2. The first-order valence-electron chi connectivity index (χ1n) is 9.49. The maximum Gasteiger partial charge on any atom is 0.263 e. The summed E-state index contributed by atoms with van der Waals surface area (Å²) >= 11 is 2.70. The summed E-state index contributed by atoms with van der Waals surface area (Å²) in [6.45, 7) is 6.47. The molecule has 0 saturated heterocycles. The van der Waals surface area contributed by atoms with Gasteiger partial charge in [-0.05, 0) is 44.0 Å². The maximum atomic E-state index is 13.1. The molecule has 30 heavy (non-hydrogen) atoms.